The van der Waals surface area contributed by atoms with Crippen LogP contribution < -0.4 is 0 Å². The van der Waals surface area contributed by atoms with Gasteiger partial charge in [-0.25, -0.2) is 0 Å². The van der Waals surface area contributed by atoms with E-state index in [-0.39, 0.29) is 0 Å². The third-order valence-electron chi connectivity index (χ3n) is 9.81. The van der Waals surface area contributed by atoms with Crippen LogP contribution in [-0.2, 0) is 14.1 Å². The summed E-state index contributed by atoms with van der Waals surface area (Å²) in [5, 5.41) is 0. The van der Waals surface area contributed by atoms with Gasteiger partial charge in [-0.05, 0) is 0 Å². The van der Waals surface area contributed by atoms with E-state index >= 15 is 0 Å². The fourth-order valence-electron chi connectivity index (χ4n) is 9.72. The second-order valence-electron chi connectivity index (χ2n) is 17.3. The summed E-state index contributed by atoms with van der Waals surface area (Å²) < 4.78 is 2.02. The first-order chi connectivity index (χ1) is 14.5. The first-order valence-electron chi connectivity index (χ1n) is 14.3. The monoisotopic (exact) mass is 613 g/mol. The maximum absolute atomic E-state index is 2.83. The average molecular weight is 614 g/mol. The van der Waals surface area contributed by atoms with Crippen molar-refractivity contribution in [1.82, 2.24) is 0 Å². The molecule has 0 radical (unpaired) electrons. The van der Waals surface area contributed by atoms with Gasteiger partial charge in [0.2, 0.25) is 0 Å². The summed E-state index contributed by atoms with van der Waals surface area (Å²) in [6.45, 7) is 58.9. The van der Waals surface area contributed by atoms with Crippen LogP contribution in [0.5, 0.6) is 0 Å². The Morgan fingerprint density at radius 3 is 0.500 bits per heavy atom. The SMILES string of the molecule is CC[C]([Cr]([C](CC)([Si](C)(C)C)[Si](C)(C)C)[C](CC)([Si](C)(C)C)[Si](C)(C)C)([Si](C)(C)C)[Si](C)(C)C. The Labute approximate surface area is 229 Å². The molecule has 0 aliphatic rings. The van der Waals surface area contributed by atoms with Crippen molar-refractivity contribution in [3.8, 4) is 0 Å². The van der Waals surface area contributed by atoms with Crippen molar-refractivity contribution in [3.63, 3.8) is 0 Å². The van der Waals surface area contributed by atoms with Crippen LogP contribution in [0, 0.1) is 0 Å². The molecule has 0 N–H and O–H groups in total. The van der Waals surface area contributed by atoms with Gasteiger partial charge in [-0.15, -0.1) is 0 Å². The van der Waals surface area contributed by atoms with Crippen molar-refractivity contribution < 1.29 is 14.1 Å². The Balaban J connectivity index is 8.87. The Morgan fingerprint density at radius 1 is 0.324 bits per heavy atom. The molecule has 0 rings (SSSR count). The minimum absolute atomic E-state index is 0.674. The summed E-state index contributed by atoms with van der Waals surface area (Å²) in [6.07, 6.45) is 4.41. The van der Waals surface area contributed by atoms with E-state index in [0.29, 0.717) is 10.6 Å². The normalized spacial score (nSPS) is 16.4. The zero-order valence-corrected chi connectivity index (χ0v) is 35.3. The molecular weight excluding hydrogens is 545 g/mol. The number of hydrogen-bond donors (Lipinski definition) is 0. The van der Waals surface area contributed by atoms with Gasteiger partial charge in [-0.1, -0.05) is 0 Å². The number of hydrogen-bond acceptors (Lipinski definition) is 0. The van der Waals surface area contributed by atoms with Crippen molar-refractivity contribution in [2.75, 3.05) is 0 Å². The molecule has 0 amide bonds. The van der Waals surface area contributed by atoms with Gasteiger partial charge in [0.15, 0.2) is 0 Å². The Bertz CT molecular complexity index is 538. The Kier molecular flexibility index (Phi) is 11.0. The molecule has 34 heavy (non-hydrogen) atoms. The molecule has 0 aromatic heterocycles. The van der Waals surface area contributed by atoms with Crippen LogP contribution in [0.3, 0.4) is 0 Å². The zero-order valence-electron chi connectivity index (χ0n) is 28.0. The van der Waals surface area contributed by atoms with Gasteiger partial charge >= 0.3 is 231 Å². The van der Waals surface area contributed by atoms with E-state index in [0.717, 1.165) is 0 Å². The Hall–Kier alpha value is 1.83. The molecule has 0 nitrogen and oxygen atoms in total. The molecule has 0 spiro atoms. The summed E-state index contributed by atoms with van der Waals surface area (Å²) in [6, 6.07) is 0. The van der Waals surface area contributed by atoms with Gasteiger partial charge in [0.1, 0.15) is 0 Å². The maximum atomic E-state index is 2.83. The fourth-order valence-corrected chi connectivity index (χ4v) is 81.8. The van der Waals surface area contributed by atoms with E-state index in [1.807, 2.05) is 0 Å². The van der Waals surface area contributed by atoms with Gasteiger partial charge in [-0.3, -0.25) is 0 Å². The van der Waals surface area contributed by atoms with Gasteiger partial charge in [-0.2, -0.15) is 0 Å². The molecular formula is C27H69CrSi6. The van der Waals surface area contributed by atoms with E-state index in [1.54, 1.807) is 0 Å². The molecule has 0 heterocycles. The third-order valence-corrected chi connectivity index (χ3v) is 66.8. The minimum atomic E-state index is -1.50. The molecule has 0 bridgehead atoms. The van der Waals surface area contributed by atoms with Crippen LogP contribution in [0.4, 0.5) is 0 Å². The summed E-state index contributed by atoms with van der Waals surface area (Å²) in [4.78, 5) is 0. The first-order valence-corrected chi connectivity index (χ1v) is 37.2. The van der Waals surface area contributed by atoms with Crippen LogP contribution >= 0.6 is 0 Å². The molecule has 207 valence electrons. The van der Waals surface area contributed by atoms with Gasteiger partial charge in [0.05, 0.1) is 0 Å². The van der Waals surface area contributed by atoms with E-state index in [2.05, 4.69) is 139 Å². The van der Waals surface area contributed by atoms with E-state index in [1.165, 1.54) is 19.3 Å². The molecule has 0 aromatic rings. The van der Waals surface area contributed by atoms with Crippen LogP contribution in [0.2, 0.25) is 128 Å². The third kappa shape index (κ3) is 5.32. The van der Waals surface area contributed by atoms with Crippen molar-refractivity contribution in [2.24, 2.45) is 0 Å². The zero-order chi connectivity index (χ0) is 28.2. The fraction of sp³-hybridized carbons (Fsp3) is 1.00. The van der Waals surface area contributed by atoms with Crippen molar-refractivity contribution in [1.29, 1.82) is 0 Å². The van der Waals surface area contributed by atoms with Crippen LogP contribution in [0.15, 0.2) is 0 Å². The molecule has 0 saturated carbocycles. The second-order valence-corrected chi connectivity index (χ2v) is 58.7. The summed E-state index contributed by atoms with van der Waals surface area (Å²) in [5.74, 6) is 0. The predicted octanol–water partition coefficient (Wildman–Crippen LogP) is 11.6. The van der Waals surface area contributed by atoms with Crippen molar-refractivity contribution in [2.45, 2.75) is 168 Å². The summed E-state index contributed by atoms with van der Waals surface area (Å²) >= 11 is -1.14. The second kappa shape index (κ2) is 10.4. The van der Waals surface area contributed by atoms with E-state index < -0.39 is 62.6 Å². The molecule has 0 aromatic carbocycles. The van der Waals surface area contributed by atoms with Crippen molar-refractivity contribution >= 4 is 48.4 Å². The number of rotatable bonds is 12. The molecule has 0 aliphatic heterocycles. The quantitative estimate of drug-likeness (QED) is 0.192. The van der Waals surface area contributed by atoms with E-state index in [9.17, 15) is 0 Å². The van der Waals surface area contributed by atoms with Crippen LogP contribution in [0.25, 0.3) is 0 Å². The van der Waals surface area contributed by atoms with Gasteiger partial charge in [0.25, 0.3) is 0 Å². The van der Waals surface area contributed by atoms with Crippen LogP contribution in [0.1, 0.15) is 40.0 Å². The first kappa shape index (κ1) is 35.8. The topological polar surface area (TPSA) is 0 Å². The molecule has 0 aliphatic carbocycles. The van der Waals surface area contributed by atoms with Gasteiger partial charge in [0, 0.05) is 0 Å². The van der Waals surface area contributed by atoms with Crippen molar-refractivity contribution in [3.05, 3.63) is 0 Å². The Morgan fingerprint density at radius 2 is 0.441 bits per heavy atom. The standard InChI is InChI=1S/3C9H23Si2.Cr/c3*1-8-9(10(2,3)4)11(5,6)7;/h3*8H2,1-7H3;. The average Bonchev–Trinajstić information content (AvgIpc) is 2.49. The summed E-state index contributed by atoms with van der Waals surface area (Å²) in [7, 11) is -8.98. The van der Waals surface area contributed by atoms with E-state index in [4.69, 9.17) is 0 Å². The van der Waals surface area contributed by atoms with Crippen LogP contribution in [-0.4, -0.2) is 48.4 Å². The predicted molar refractivity (Wildman–Crippen MR) is 179 cm³/mol. The summed E-state index contributed by atoms with van der Waals surface area (Å²) in [5.41, 5.74) is 0. The molecule has 7 heteroatoms. The van der Waals surface area contributed by atoms with Gasteiger partial charge < -0.3 is 0 Å². The molecule has 0 saturated heterocycles. The molecule has 0 atom stereocenters. The molecule has 0 fully saturated rings. The molecule has 0 unspecified atom stereocenters.